The molecule has 110 valence electrons. The predicted octanol–water partition coefficient (Wildman–Crippen LogP) is 0.806. The molecule has 0 bridgehead atoms. The smallest absolute Gasteiger partial charge is 0.243 e. The van der Waals surface area contributed by atoms with E-state index in [0.29, 0.717) is 36.2 Å². The highest BCUT2D eigenvalue weighted by Gasteiger charge is 2.28. The molecule has 1 aliphatic rings. The maximum Gasteiger partial charge on any atom is 0.243 e. The number of hydrogen-bond acceptors (Lipinski definition) is 3. The Morgan fingerprint density at radius 2 is 1.70 bits per heavy atom. The van der Waals surface area contributed by atoms with Gasteiger partial charge in [-0.3, -0.25) is 0 Å². The Morgan fingerprint density at radius 1 is 1.15 bits per heavy atom. The van der Waals surface area contributed by atoms with E-state index < -0.39 is 10.0 Å². The van der Waals surface area contributed by atoms with Gasteiger partial charge < -0.3 is 10.2 Å². The van der Waals surface area contributed by atoms with Gasteiger partial charge in [0.1, 0.15) is 0 Å². The van der Waals surface area contributed by atoms with Crippen molar-refractivity contribution >= 4 is 27.4 Å². The molecule has 1 saturated heterocycles. The van der Waals surface area contributed by atoms with Crippen LogP contribution in [0, 0.1) is 6.92 Å². The molecule has 7 heteroatoms. The molecule has 0 aromatic heterocycles. The number of sulfonamides is 1. The Balaban J connectivity index is 2.09. The zero-order valence-corrected chi connectivity index (χ0v) is 13.3. The molecule has 1 N–H and O–H groups in total. The lowest BCUT2D eigenvalue weighted by Crippen LogP contribution is -2.52. The standard InChI is InChI=1S/C13H19N3O2S2/c1-11-3-5-12(6-4-11)20(17,18)16-9-7-15(8-10-16)13(19)14-2/h3-6H,7-10H2,1-2H3,(H,14,19). The molecule has 0 saturated carbocycles. The fourth-order valence-corrected chi connectivity index (χ4v) is 3.75. The molecule has 1 aromatic carbocycles. The molecular weight excluding hydrogens is 294 g/mol. The van der Waals surface area contributed by atoms with Crippen molar-refractivity contribution < 1.29 is 8.42 Å². The first-order chi connectivity index (χ1) is 9.45. The topological polar surface area (TPSA) is 52.6 Å². The number of rotatable bonds is 2. The van der Waals surface area contributed by atoms with Crippen LogP contribution in [0.3, 0.4) is 0 Å². The Morgan fingerprint density at radius 3 is 2.20 bits per heavy atom. The monoisotopic (exact) mass is 313 g/mol. The third-order valence-corrected chi connectivity index (χ3v) is 5.77. The second-order valence-corrected chi connectivity index (χ2v) is 7.08. The van der Waals surface area contributed by atoms with Gasteiger partial charge in [-0.2, -0.15) is 4.31 Å². The molecule has 5 nitrogen and oxygen atoms in total. The molecule has 0 aliphatic carbocycles. The van der Waals surface area contributed by atoms with Gasteiger partial charge in [0.25, 0.3) is 0 Å². The molecule has 0 amide bonds. The molecule has 1 aliphatic heterocycles. The summed E-state index contributed by atoms with van der Waals surface area (Å²) in [7, 11) is -1.62. The van der Waals surface area contributed by atoms with Crippen LogP contribution >= 0.6 is 12.2 Å². The number of thiocarbonyl (C=S) groups is 1. The van der Waals surface area contributed by atoms with Crippen molar-refractivity contribution in [1.29, 1.82) is 0 Å². The molecule has 0 spiro atoms. The van der Waals surface area contributed by atoms with Crippen molar-refractivity contribution in [3.05, 3.63) is 29.8 Å². The van der Waals surface area contributed by atoms with E-state index in [-0.39, 0.29) is 0 Å². The van der Waals surface area contributed by atoms with E-state index >= 15 is 0 Å². The van der Waals surface area contributed by atoms with Gasteiger partial charge in [-0.1, -0.05) is 17.7 Å². The molecule has 1 aromatic rings. The van der Waals surface area contributed by atoms with E-state index in [2.05, 4.69) is 5.32 Å². The maximum absolute atomic E-state index is 12.5. The molecular formula is C13H19N3O2S2. The van der Waals surface area contributed by atoms with Crippen LogP contribution < -0.4 is 5.32 Å². The molecule has 1 heterocycles. The third kappa shape index (κ3) is 3.11. The first kappa shape index (κ1) is 15.2. The number of nitrogens with one attached hydrogen (secondary N) is 1. The van der Waals surface area contributed by atoms with Crippen LogP contribution in [0.15, 0.2) is 29.2 Å². The van der Waals surface area contributed by atoms with Crippen molar-refractivity contribution in [2.24, 2.45) is 0 Å². The van der Waals surface area contributed by atoms with E-state index in [1.165, 1.54) is 4.31 Å². The van der Waals surface area contributed by atoms with Crippen LogP contribution in [0.4, 0.5) is 0 Å². The van der Waals surface area contributed by atoms with Crippen molar-refractivity contribution in [3.8, 4) is 0 Å². The maximum atomic E-state index is 12.5. The minimum atomic E-state index is -3.39. The summed E-state index contributed by atoms with van der Waals surface area (Å²) < 4.78 is 26.5. The summed E-state index contributed by atoms with van der Waals surface area (Å²) in [6, 6.07) is 6.96. The van der Waals surface area contributed by atoms with Gasteiger partial charge in [0.2, 0.25) is 10.0 Å². The summed E-state index contributed by atoms with van der Waals surface area (Å²) in [5.41, 5.74) is 1.05. The van der Waals surface area contributed by atoms with Crippen LogP contribution in [-0.4, -0.2) is 56.0 Å². The Bertz CT molecular complexity index is 576. The van der Waals surface area contributed by atoms with Gasteiger partial charge in [0.05, 0.1) is 4.90 Å². The van der Waals surface area contributed by atoms with Crippen molar-refractivity contribution in [3.63, 3.8) is 0 Å². The summed E-state index contributed by atoms with van der Waals surface area (Å²) in [5, 5.41) is 3.58. The Hall–Kier alpha value is -1.18. The lowest BCUT2D eigenvalue weighted by Gasteiger charge is -2.35. The van der Waals surface area contributed by atoms with Gasteiger partial charge >= 0.3 is 0 Å². The number of aryl methyl sites for hydroxylation is 1. The normalized spacial score (nSPS) is 17.0. The molecule has 0 radical (unpaired) electrons. The first-order valence-corrected chi connectivity index (χ1v) is 8.33. The molecule has 0 atom stereocenters. The lowest BCUT2D eigenvalue weighted by atomic mass is 10.2. The first-order valence-electron chi connectivity index (χ1n) is 6.48. The van der Waals surface area contributed by atoms with Crippen LogP contribution in [0.2, 0.25) is 0 Å². The van der Waals surface area contributed by atoms with Gasteiger partial charge in [-0.15, -0.1) is 0 Å². The van der Waals surface area contributed by atoms with Gasteiger partial charge in [-0.25, -0.2) is 8.42 Å². The third-order valence-electron chi connectivity index (χ3n) is 3.40. The largest absolute Gasteiger partial charge is 0.366 e. The van der Waals surface area contributed by atoms with E-state index in [4.69, 9.17) is 12.2 Å². The van der Waals surface area contributed by atoms with Crippen LogP contribution in [0.1, 0.15) is 5.56 Å². The van der Waals surface area contributed by atoms with Gasteiger partial charge in [0.15, 0.2) is 5.11 Å². The second kappa shape index (κ2) is 6.07. The summed E-state index contributed by atoms with van der Waals surface area (Å²) in [6.45, 7) is 4.08. The SMILES string of the molecule is CNC(=S)N1CCN(S(=O)(=O)c2ccc(C)cc2)CC1. The van der Waals surface area contributed by atoms with Crippen molar-refractivity contribution in [2.45, 2.75) is 11.8 Å². The van der Waals surface area contributed by atoms with E-state index in [1.54, 1.807) is 19.2 Å². The highest BCUT2D eigenvalue weighted by Crippen LogP contribution is 2.18. The minimum Gasteiger partial charge on any atom is -0.366 e. The molecule has 2 rings (SSSR count). The Kier molecular flexibility index (Phi) is 4.62. The van der Waals surface area contributed by atoms with Crippen LogP contribution in [0.5, 0.6) is 0 Å². The predicted molar refractivity (Wildman–Crippen MR) is 83.2 cm³/mol. The summed E-state index contributed by atoms with van der Waals surface area (Å²) in [5.74, 6) is 0. The van der Waals surface area contributed by atoms with E-state index in [9.17, 15) is 8.42 Å². The van der Waals surface area contributed by atoms with Crippen LogP contribution in [-0.2, 0) is 10.0 Å². The minimum absolute atomic E-state index is 0.354. The molecule has 20 heavy (non-hydrogen) atoms. The van der Waals surface area contributed by atoms with Crippen molar-refractivity contribution in [1.82, 2.24) is 14.5 Å². The fourth-order valence-electron chi connectivity index (χ4n) is 2.15. The molecule has 1 fully saturated rings. The highest BCUT2D eigenvalue weighted by molar-refractivity contribution is 7.89. The Labute approximate surface area is 125 Å². The highest BCUT2D eigenvalue weighted by atomic mass is 32.2. The quantitative estimate of drug-likeness (QED) is 0.819. The summed E-state index contributed by atoms with van der Waals surface area (Å²) in [4.78, 5) is 2.34. The number of piperazine rings is 1. The average molecular weight is 313 g/mol. The number of benzene rings is 1. The summed E-state index contributed by atoms with van der Waals surface area (Å²) in [6.07, 6.45) is 0. The van der Waals surface area contributed by atoms with E-state index in [1.807, 2.05) is 24.0 Å². The zero-order valence-electron chi connectivity index (χ0n) is 11.7. The van der Waals surface area contributed by atoms with Crippen molar-refractivity contribution in [2.75, 3.05) is 33.2 Å². The number of hydrogen-bond donors (Lipinski definition) is 1. The van der Waals surface area contributed by atoms with Gasteiger partial charge in [0, 0.05) is 33.2 Å². The van der Waals surface area contributed by atoms with Gasteiger partial charge in [-0.05, 0) is 31.3 Å². The second-order valence-electron chi connectivity index (χ2n) is 4.76. The lowest BCUT2D eigenvalue weighted by molar-refractivity contribution is 0.265. The number of nitrogens with zero attached hydrogens (tertiary/aromatic N) is 2. The van der Waals surface area contributed by atoms with E-state index in [0.717, 1.165) is 5.56 Å². The zero-order chi connectivity index (χ0) is 14.8. The summed E-state index contributed by atoms with van der Waals surface area (Å²) >= 11 is 5.16. The average Bonchev–Trinajstić information content (AvgIpc) is 2.47. The van der Waals surface area contributed by atoms with Crippen LogP contribution in [0.25, 0.3) is 0 Å². The molecule has 0 unspecified atom stereocenters. The fraction of sp³-hybridized carbons (Fsp3) is 0.462.